The van der Waals surface area contributed by atoms with Gasteiger partial charge in [0.25, 0.3) is 5.91 Å². The van der Waals surface area contributed by atoms with Crippen molar-refractivity contribution >= 4 is 41.3 Å². The number of methoxy groups -OCH3 is 1. The lowest BCUT2D eigenvalue weighted by molar-refractivity contribution is -0.140. The number of fused-ring (bicyclic) bond motifs is 1. The van der Waals surface area contributed by atoms with Crippen LogP contribution in [0.4, 0.5) is 4.79 Å². The molecule has 5 N–H and O–H groups in total. The molecule has 5 amide bonds. The Balaban J connectivity index is 1.54. The van der Waals surface area contributed by atoms with Crippen molar-refractivity contribution in [2.45, 2.75) is 82.3 Å². The minimum absolute atomic E-state index is 0.113. The second-order valence-electron chi connectivity index (χ2n) is 10.5. The number of hydrogen-bond acceptors (Lipinski definition) is 7. The molecule has 2 heterocycles. The first-order valence-corrected chi connectivity index (χ1v) is 14.9. The summed E-state index contributed by atoms with van der Waals surface area (Å²) in [5.74, 6) is -0.986. The highest BCUT2D eigenvalue weighted by Crippen LogP contribution is 2.33. The quantitative estimate of drug-likeness (QED) is 0.120. The molecule has 0 aliphatic carbocycles. The Hall–Kier alpha value is -3.28. The van der Waals surface area contributed by atoms with Gasteiger partial charge in [0, 0.05) is 30.4 Å². The Bertz CT molecular complexity index is 1070. The molecule has 0 saturated carbocycles. The molecule has 2 fully saturated rings. The third kappa shape index (κ3) is 8.61. The number of hydrogen-bond donors (Lipinski definition) is 5. The molecule has 1 aromatic carbocycles. The van der Waals surface area contributed by atoms with Crippen LogP contribution in [0.3, 0.4) is 0 Å². The van der Waals surface area contributed by atoms with Crippen LogP contribution in [-0.2, 0) is 25.6 Å². The van der Waals surface area contributed by atoms with E-state index in [-0.39, 0.29) is 49.3 Å². The fraction of sp³-hybridized carbons (Fsp3) is 0.607. The molecule has 2 saturated heterocycles. The first-order valence-electron chi connectivity index (χ1n) is 13.9. The van der Waals surface area contributed by atoms with Gasteiger partial charge in [-0.3, -0.25) is 19.2 Å². The van der Waals surface area contributed by atoms with Crippen molar-refractivity contribution in [3.05, 3.63) is 29.8 Å². The van der Waals surface area contributed by atoms with Gasteiger partial charge in [0.05, 0.1) is 19.2 Å². The summed E-state index contributed by atoms with van der Waals surface area (Å²) in [6.45, 7) is 5.61. The van der Waals surface area contributed by atoms with Crippen molar-refractivity contribution < 1.29 is 28.7 Å². The van der Waals surface area contributed by atoms with E-state index in [2.05, 4.69) is 26.6 Å². The second-order valence-corrected chi connectivity index (χ2v) is 11.8. The molecule has 0 radical (unpaired) electrons. The van der Waals surface area contributed by atoms with E-state index in [4.69, 9.17) is 4.74 Å². The molecule has 0 aromatic heterocycles. The molecule has 3 rings (SSSR count). The number of carbonyl (C=O) groups is 5. The Labute approximate surface area is 239 Å². The third-order valence-electron chi connectivity index (χ3n) is 7.14. The normalized spacial score (nSPS) is 21.0. The predicted octanol–water partition coefficient (Wildman–Crippen LogP) is 1.29. The summed E-state index contributed by atoms with van der Waals surface area (Å²) >= 11 is 1.84. The summed E-state index contributed by atoms with van der Waals surface area (Å²) in [6.07, 6.45) is 2.75. The number of unbranched alkanes of at least 4 members (excludes halogenated alkanes) is 1. The summed E-state index contributed by atoms with van der Waals surface area (Å²) in [6, 6.07) is 5.26. The number of rotatable bonds is 15. The van der Waals surface area contributed by atoms with Gasteiger partial charge in [0.1, 0.15) is 17.8 Å². The van der Waals surface area contributed by atoms with Crippen LogP contribution in [0, 0.1) is 5.92 Å². The summed E-state index contributed by atoms with van der Waals surface area (Å²) in [4.78, 5) is 62.8. The minimum atomic E-state index is -1.09. The van der Waals surface area contributed by atoms with E-state index in [1.54, 1.807) is 38.3 Å². The number of likely N-dealkylation sites (N-methyl/N-ethyl adjacent to an activating group) is 1. The largest absolute Gasteiger partial charge is 0.497 e. The maximum Gasteiger partial charge on any atom is 0.315 e. The minimum Gasteiger partial charge on any atom is -0.497 e. The molecule has 0 spiro atoms. The van der Waals surface area contributed by atoms with Gasteiger partial charge in [-0.1, -0.05) is 32.4 Å². The van der Waals surface area contributed by atoms with Crippen LogP contribution in [0.25, 0.3) is 0 Å². The molecular formula is C28H41N5O6S. The van der Waals surface area contributed by atoms with Crippen molar-refractivity contribution in [2.75, 3.05) is 19.4 Å². The van der Waals surface area contributed by atoms with Crippen molar-refractivity contribution in [3.63, 3.8) is 0 Å². The molecule has 1 aromatic rings. The SMILES string of the molecule is CCNC(=O)C(=O)[C@H](Cc1ccc(OC)cc1)NC(=O)[C@@H](NC(=O)CCCCC1SC[C@@H]2NC(=O)N[C@H]12)C(C)C. The number of carbonyl (C=O) groups excluding carboxylic acids is 5. The van der Waals surface area contributed by atoms with Crippen LogP contribution in [0.15, 0.2) is 24.3 Å². The topological polar surface area (TPSA) is 155 Å². The van der Waals surface area contributed by atoms with E-state index in [9.17, 15) is 24.0 Å². The third-order valence-corrected chi connectivity index (χ3v) is 8.65. The van der Waals surface area contributed by atoms with Crippen molar-refractivity contribution in [2.24, 2.45) is 5.92 Å². The maximum absolute atomic E-state index is 13.3. The van der Waals surface area contributed by atoms with E-state index >= 15 is 0 Å². The van der Waals surface area contributed by atoms with E-state index in [1.165, 1.54) is 0 Å². The fourth-order valence-electron chi connectivity index (χ4n) is 4.93. The molecule has 2 aliphatic heterocycles. The summed E-state index contributed by atoms with van der Waals surface area (Å²) in [7, 11) is 1.55. The maximum atomic E-state index is 13.3. The van der Waals surface area contributed by atoms with E-state index in [0.29, 0.717) is 17.4 Å². The first kappa shape index (κ1) is 31.3. The lowest BCUT2D eigenvalue weighted by Crippen LogP contribution is -2.56. The molecule has 5 atom stereocenters. The van der Waals surface area contributed by atoms with Gasteiger partial charge in [-0.15, -0.1) is 0 Å². The highest BCUT2D eigenvalue weighted by atomic mass is 32.2. The van der Waals surface area contributed by atoms with E-state index in [0.717, 1.165) is 24.2 Å². The molecule has 40 heavy (non-hydrogen) atoms. The number of urea groups is 1. The summed E-state index contributed by atoms with van der Waals surface area (Å²) in [5.41, 5.74) is 0.744. The smallest absolute Gasteiger partial charge is 0.315 e. The van der Waals surface area contributed by atoms with Gasteiger partial charge in [0.15, 0.2) is 0 Å². The van der Waals surface area contributed by atoms with Gasteiger partial charge in [-0.25, -0.2) is 4.79 Å². The van der Waals surface area contributed by atoms with Gasteiger partial charge >= 0.3 is 6.03 Å². The number of Topliss-reactive ketones (excluding diaryl/α,β-unsaturated/α-hetero) is 1. The molecule has 220 valence electrons. The standard InChI is InChI=1S/C28H41N5O6S/c1-5-29-27(37)25(35)19(14-17-10-12-18(39-4)13-11-17)30-26(36)23(16(2)3)32-22(34)9-7-6-8-21-24-20(15-40-21)31-28(38)33-24/h10-13,16,19-21,23-24H,5-9,14-15H2,1-4H3,(H,29,37)(H,30,36)(H,32,34)(H2,31,33,38)/t19-,20-,21?,23-,24-/m0/s1. The number of ketones is 1. The second kappa shape index (κ2) is 14.9. The highest BCUT2D eigenvalue weighted by Gasteiger charge is 2.42. The molecule has 11 nitrogen and oxygen atoms in total. The van der Waals surface area contributed by atoms with E-state index in [1.807, 2.05) is 25.6 Å². The van der Waals surface area contributed by atoms with Crippen molar-refractivity contribution in [1.29, 1.82) is 0 Å². The fourth-order valence-corrected chi connectivity index (χ4v) is 6.47. The Kier molecular flexibility index (Phi) is 11.7. The zero-order chi connectivity index (χ0) is 29.2. The van der Waals surface area contributed by atoms with Crippen molar-refractivity contribution in [1.82, 2.24) is 26.6 Å². The van der Waals surface area contributed by atoms with Crippen LogP contribution in [-0.4, -0.2) is 78.4 Å². The average molecular weight is 576 g/mol. The molecule has 0 bridgehead atoms. The summed E-state index contributed by atoms with van der Waals surface area (Å²) in [5, 5.41) is 14.2. The number of ether oxygens (including phenoxy) is 1. The Morgan fingerprint density at radius 3 is 2.45 bits per heavy atom. The number of nitrogens with one attached hydrogen (secondary N) is 5. The Morgan fingerprint density at radius 2 is 1.80 bits per heavy atom. The molecule has 1 unspecified atom stereocenters. The zero-order valence-corrected chi connectivity index (χ0v) is 24.4. The van der Waals surface area contributed by atoms with Crippen LogP contribution in [0.1, 0.15) is 52.0 Å². The van der Waals surface area contributed by atoms with Gasteiger partial charge < -0.3 is 31.3 Å². The highest BCUT2D eigenvalue weighted by molar-refractivity contribution is 8.00. The van der Waals surface area contributed by atoms with Crippen LogP contribution in [0.2, 0.25) is 0 Å². The van der Waals surface area contributed by atoms with Gasteiger partial charge in [-0.05, 0) is 43.4 Å². The van der Waals surface area contributed by atoms with Gasteiger partial charge in [-0.2, -0.15) is 11.8 Å². The van der Waals surface area contributed by atoms with Gasteiger partial charge in [0.2, 0.25) is 17.6 Å². The molecule has 12 heteroatoms. The number of thioether (sulfide) groups is 1. The Morgan fingerprint density at radius 1 is 1.07 bits per heavy atom. The van der Waals surface area contributed by atoms with Crippen LogP contribution in [0.5, 0.6) is 5.75 Å². The van der Waals surface area contributed by atoms with Crippen molar-refractivity contribution in [3.8, 4) is 5.75 Å². The lowest BCUT2D eigenvalue weighted by Gasteiger charge is -2.25. The van der Waals surface area contributed by atoms with Crippen LogP contribution < -0.4 is 31.3 Å². The molecule has 2 aliphatic rings. The van der Waals surface area contributed by atoms with Crippen LogP contribution >= 0.6 is 11.8 Å². The zero-order valence-electron chi connectivity index (χ0n) is 23.6. The predicted molar refractivity (Wildman–Crippen MR) is 153 cm³/mol. The first-order chi connectivity index (χ1) is 19.1. The lowest BCUT2D eigenvalue weighted by atomic mass is 9.98. The monoisotopic (exact) mass is 575 g/mol. The summed E-state index contributed by atoms with van der Waals surface area (Å²) < 4.78 is 5.17. The number of amides is 5. The number of benzene rings is 1. The average Bonchev–Trinajstić information content (AvgIpc) is 3.48. The molecular weight excluding hydrogens is 534 g/mol. The van der Waals surface area contributed by atoms with E-state index < -0.39 is 29.7 Å².